The van der Waals surface area contributed by atoms with Crippen LogP contribution in [0.4, 0.5) is 0 Å². The van der Waals surface area contributed by atoms with Crippen molar-refractivity contribution < 1.29 is 4.74 Å². The van der Waals surface area contributed by atoms with Crippen molar-refractivity contribution in [3.63, 3.8) is 0 Å². The molecule has 2 aromatic rings. The van der Waals surface area contributed by atoms with Gasteiger partial charge in [-0.1, -0.05) is 6.07 Å². The molecule has 74 valence electrons. The van der Waals surface area contributed by atoms with E-state index in [0.29, 0.717) is 5.88 Å². The summed E-state index contributed by atoms with van der Waals surface area (Å²) in [5.74, 6) is 0.591. The van der Waals surface area contributed by atoms with Crippen molar-refractivity contribution in [1.29, 1.82) is 5.26 Å². The topological polar surface area (TPSA) is 45.9 Å². The molecule has 0 fully saturated rings. The Balaban J connectivity index is 2.72. The SMILES string of the molecule is COc1nccc2c(SC#N)cccc12. The second-order valence-corrected chi connectivity index (χ2v) is 3.69. The van der Waals surface area contributed by atoms with Crippen molar-refractivity contribution in [1.82, 2.24) is 4.98 Å². The van der Waals surface area contributed by atoms with Gasteiger partial charge in [0.1, 0.15) is 5.40 Å². The Hall–Kier alpha value is -1.73. The fraction of sp³-hybridized carbons (Fsp3) is 0.0909. The number of nitriles is 1. The van der Waals surface area contributed by atoms with E-state index >= 15 is 0 Å². The molecular formula is C11H8N2OS. The Morgan fingerprint density at radius 1 is 1.33 bits per heavy atom. The van der Waals surface area contributed by atoms with Crippen LogP contribution in [0.3, 0.4) is 0 Å². The largest absolute Gasteiger partial charge is 0.481 e. The number of ether oxygens (including phenoxy) is 1. The third kappa shape index (κ3) is 1.74. The average Bonchev–Trinajstić information content (AvgIpc) is 2.29. The van der Waals surface area contributed by atoms with Crippen LogP contribution in [0.25, 0.3) is 10.8 Å². The number of hydrogen-bond donors (Lipinski definition) is 0. The van der Waals surface area contributed by atoms with Crippen LogP contribution in [-0.2, 0) is 0 Å². The number of pyridine rings is 1. The van der Waals surface area contributed by atoms with E-state index in [-0.39, 0.29) is 0 Å². The van der Waals surface area contributed by atoms with Gasteiger partial charge < -0.3 is 4.74 Å². The van der Waals surface area contributed by atoms with Gasteiger partial charge in [0.2, 0.25) is 5.88 Å². The van der Waals surface area contributed by atoms with Crippen LogP contribution in [-0.4, -0.2) is 12.1 Å². The average molecular weight is 216 g/mol. The molecule has 0 amide bonds. The Kier molecular flexibility index (Phi) is 2.75. The summed E-state index contributed by atoms with van der Waals surface area (Å²) in [6, 6.07) is 7.63. The summed E-state index contributed by atoms with van der Waals surface area (Å²) in [4.78, 5) is 5.04. The second-order valence-electron chi connectivity index (χ2n) is 2.86. The van der Waals surface area contributed by atoms with Crippen LogP contribution in [0.1, 0.15) is 0 Å². The molecule has 0 aliphatic carbocycles. The second kappa shape index (κ2) is 4.20. The van der Waals surface area contributed by atoms with E-state index in [9.17, 15) is 0 Å². The van der Waals surface area contributed by atoms with Gasteiger partial charge in [-0.2, -0.15) is 5.26 Å². The quantitative estimate of drug-likeness (QED) is 0.572. The van der Waals surface area contributed by atoms with Gasteiger partial charge in [0, 0.05) is 21.9 Å². The van der Waals surface area contributed by atoms with Crippen molar-refractivity contribution >= 4 is 22.5 Å². The molecule has 1 aromatic heterocycles. The predicted molar refractivity (Wildman–Crippen MR) is 59.8 cm³/mol. The fourth-order valence-electron chi connectivity index (χ4n) is 1.45. The van der Waals surface area contributed by atoms with Crippen molar-refractivity contribution in [2.75, 3.05) is 7.11 Å². The van der Waals surface area contributed by atoms with E-state index in [1.165, 1.54) is 0 Å². The molecular weight excluding hydrogens is 208 g/mol. The van der Waals surface area contributed by atoms with Crippen molar-refractivity contribution in [2.24, 2.45) is 0 Å². The highest BCUT2D eigenvalue weighted by Crippen LogP contribution is 2.30. The lowest BCUT2D eigenvalue weighted by Gasteiger charge is -2.05. The van der Waals surface area contributed by atoms with Gasteiger partial charge >= 0.3 is 0 Å². The molecule has 0 saturated heterocycles. The van der Waals surface area contributed by atoms with Crippen LogP contribution in [0.15, 0.2) is 35.4 Å². The van der Waals surface area contributed by atoms with Gasteiger partial charge in [-0.25, -0.2) is 4.98 Å². The van der Waals surface area contributed by atoms with Gasteiger partial charge in [-0.15, -0.1) is 0 Å². The number of thioether (sulfide) groups is 1. The minimum Gasteiger partial charge on any atom is -0.481 e. The molecule has 0 aliphatic heterocycles. The zero-order valence-electron chi connectivity index (χ0n) is 8.10. The smallest absolute Gasteiger partial charge is 0.221 e. The highest BCUT2D eigenvalue weighted by Gasteiger charge is 2.05. The summed E-state index contributed by atoms with van der Waals surface area (Å²) in [6.45, 7) is 0. The summed E-state index contributed by atoms with van der Waals surface area (Å²) in [6.07, 6.45) is 1.68. The van der Waals surface area contributed by atoms with Crippen molar-refractivity contribution in [3.8, 4) is 11.3 Å². The van der Waals surface area contributed by atoms with Crippen molar-refractivity contribution in [3.05, 3.63) is 30.5 Å². The zero-order chi connectivity index (χ0) is 10.7. The van der Waals surface area contributed by atoms with E-state index in [1.807, 2.05) is 24.3 Å². The van der Waals surface area contributed by atoms with Gasteiger partial charge in [-0.3, -0.25) is 0 Å². The Morgan fingerprint density at radius 2 is 2.20 bits per heavy atom. The molecule has 3 nitrogen and oxygen atoms in total. The van der Waals surface area contributed by atoms with Crippen LogP contribution in [0, 0.1) is 10.7 Å². The number of rotatable bonds is 2. The fourth-order valence-corrected chi connectivity index (χ4v) is 1.99. The summed E-state index contributed by atoms with van der Waals surface area (Å²) < 4.78 is 5.16. The lowest BCUT2D eigenvalue weighted by molar-refractivity contribution is 0.403. The maximum Gasteiger partial charge on any atom is 0.221 e. The number of fused-ring (bicyclic) bond motifs is 1. The van der Waals surface area contributed by atoms with Crippen LogP contribution in [0.2, 0.25) is 0 Å². The Labute approximate surface area is 91.7 Å². The first kappa shape index (κ1) is 9.81. The minimum absolute atomic E-state index is 0.591. The minimum atomic E-state index is 0.591. The molecule has 1 aromatic carbocycles. The molecule has 0 atom stereocenters. The molecule has 0 saturated carbocycles. The molecule has 0 bridgehead atoms. The molecule has 2 rings (SSSR count). The highest BCUT2D eigenvalue weighted by atomic mass is 32.2. The first-order chi connectivity index (χ1) is 7.36. The summed E-state index contributed by atoms with van der Waals surface area (Å²) in [7, 11) is 1.59. The molecule has 0 aliphatic rings. The normalized spacial score (nSPS) is 9.87. The van der Waals surface area contributed by atoms with Crippen LogP contribution < -0.4 is 4.74 Å². The molecule has 15 heavy (non-hydrogen) atoms. The third-order valence-corrected chi connectivity index (χ3v) is 2.75. The summed E-state index contributed by atoms with van der Waals surface area (Å²) in [5, 5.41) is 12.7. The summed E-state index contributed by atoms with van der Waals surface area (Å²) >= 11 is 1.15. The molecule has 0 spiro atoms. The summed E-state index contributed by atoms with van der Waals surface area (Å²) in [5.41, 5.74) is 0. The lowest BCUT2D eigenvalue weighted by atomic mass is 10.2. The number of benzene rings is 1. The predicted octanol–water partition coefficient (Wildman–Crippen LogP) is 2.82. The third-order valence-electron chi connectivity index (χ3n) is 2.08. The lowest BCUT2D eigenvalue weighted by Crippen LogP contribution is -1.88. The molecule has 1 heterocycles. The van der Waals surface area contributed by atoms with E-state index in [2.05, 4.69) is 10.4 Å². The van der Waals surface area contributed by atoms with E-state index in [4.69, 9.17) is 10.00 Å². The maximum atomic E-state index is 8.67. The maximum absolute atomic E-state index is 8.67. The molecule has 4 heteroatoms. The van der Waals surface area contributed by atoms with Gasteiger partial charge in [0.25, 0.3) is 0 Å². The van der Waals surface area contributed by atoms with Gasteiger partial charge in [-0.05, 0) is 30.0 Å². The number of hydrogen-bond acceptors (Lipinski definition) is 4. The van der Waals surface area contributed by atoms with E-state index in [1.54, 1.807) is 13.3 Å². The van der Waals surface area contributed by atoms with Gasteiger partial charge in [0.05, 0.1) is 7.11 Å². The zero-order valence-corrected chi connectivity index (χ0v) is 8.91. The van der Waals surface area contributed by atoms with Crippen molar-refractivity contribution in [2.45, 2.75) is 4.90 Å². The standard InChI is InChI=1S/C11H8N2OS/c1-14-11-9-3-2-4-10(15-7-12)8(9)5-6-13-11/h2-6H,1H3. The highest BCUT2D eigenvalue weighted by molar-refractivity contribution is 8.04. The van der Waals surface area contributed by atoms with E-state index in [0.717, 1.165) is 27.4 Å². The van der Waals surface area contributed by atoms with Crippen LogP contribution >= 0.6 is 11.8 Å². The molecule has 0 N–H and O–H groups in total. The van der Waals surface area contributed by atoms with Gasteiger partial charge in [0.15, 0.2) is 0 Å². The van der Waals surface area contributed by atoms with Crippen LogP contribution in [0.5, 0.6) is 5.88 Å². The monoisotopic (exact) mass is 216 g/mol. The number of methoxy groups -OCH3 is 1. The first-order valence-corrected chi connectivity index (χ1v) is 5.16. The first-order valence-electron chi connectivity index (χ1n) is 4.34. The number of aromatic nitrogens is 1. The number of nitrogens with zero attached hydrogens (tertiary/aromatic N) is 2. The Bertz CT molecular complexity index is 534. The van der Waals surface area contributed by atoms with E-state index < -0.39 is 0 Å². The molecule has 0 unspecified atom stereocenters. The molecule has 0 radical (unpaired) electrons. The number of thiocyanates is 1. The Morgan fingerprint density at radius 3 is 2.93 bits per heavy atom.